The summed E-state index contributed by atoms with van der Waals surface area (Å²) in [6.45, 7) is 3.91. The molecule has 1 amide bonds. The summed E-state index contributed by atoms with van der Waals surface area (Å²) in [5, 5.41) is 3.03. The molecule has 0 aliphatic heterocycles. The SMILES string of the molecule is CC(C)(Cc1ccccc1)C(=O)Nc1ccccc1Oc1ccccc1. The quantitative estimate of drug-likeness (QED) is 0.623. The second kappa shape index (κ2) is 7.87. The smallest absolute Gasteiger partial charge is 0.230 e. The monoisotopic (exact) mass is 345 g/mol. The summed E-state index contributed by atoms with van der Waals surface area (Å²) in [6.07, 6.45) is 0.668. The van der Waals surface area contributed by atoms with Gasteiger partial charge in [0.25, 0.3) is 0 Å². The van der Waals surface area contributed by atoms with Crippen LogP contribution in [0.1, 0.15) is 19.4 Å². The Labute approximate surface area is 154 Å². The van der Waals surface area contributed by atoms with Crippen molar-refractivity contribution in [2.45, 2.75) is 20.3 Å². The Hall–Kier alpha value is -3.07. The maximum atomic E-state index is 12.9. The zero-order valence-electron chi connectivity index (χ0n) is 15.1. The number of ether oxygens (including phenoxy) is 1. The number of carbonyl (C=O) groups is 1. The third kappa shape index (κ3) is 4.51. The van der Waals surface area contributed by atoms with E-state index in [4.69, 9.17) is 4.74 Å². The lowest BCUT2D eigenvalue weighted by atomic mass is 9.84. The van der Waals surface area contributed by atoms with E-state index in [2.05, 4.69) is 5.32 Å². The minimum absolute atomic E-state index is 0.0366. The molecule has 1 N–H and O–H groups in total. The third-order valence-electron chi connectivity index (χ3n) is 4.21. The lowest BCUT2D eigenvalue weighted by Crippen LogP contribution is -2.32. The summed E-state index contributed by atoms with van der Waals surface area (Å²) in [7, 11) is 0. The molecule has 3 rings (SSSR count). The molecule has 0 bridgehead atoms. The molecule has 3 aromatic rings. The molecule has 132 valence electrons. The van der Waals surface area contributed by atoms with Crippen molar-refractivity contribution in [1.29, 1.82) is 0 Å². The van der Waals surface area contributed by atoms with E-state index in [1.54, 1.807) is 0 Å². The molecule has 0 radical (unpaired) electrons. The van der Waals surface area contributed by atoms with Crippen LogP contribution in [-0.2, 0) is 11.2 Å². The Morgan fingerprint density at radius 1 is 0.846 bits per heavy atom. The molecule has 0 atom stereocenters. The van der Waals surface area contributed by atoms with Gasteiger partial charge < -0.3 is 10.1 Å². The van der Waals surface area contributed by atoms with Crippen molar-refractivity contribution in [3.63, 3.8) is 0 Å². The minimum atomic E-state index is -0.540. The van der Waals surface area contributed by atoms with Crippen LogP contribution in [-0.4, -0.2) is 5.91 Å². The first-order valence-electron chi connectivity index (χ1n) is 8.72. The Kier molecular flexibility index (Phi) is 5.37. The average molecular weight is 345 g/mol. The Bertz CT molecular complexity index is 858. The molecular formula is C23H23NO2. The fourth-order valence-electron chi connectivity index (χ4n) is 2.75. The zero-order chi connectivity index (χ0) is 18.4. The van der Waals surface area contributed by atoms with Crippen LogP contribution in [0.4, 0.5) is 5.69 Å². The van der Waals surface area contributed by atoms with Crippen molar-refractivity contribution in [3.05, 3.63) is 90.5 Å². The molecule has 0 saturated carbocycles. The molecule has 0 saturated heterocycles. The van der Waals surface area contributed by atoms with Gasteiger partial charge >= 0.3 is 0 Å². The second-order valence-electron chi connectivity index (χ2n) is 6.91. The van der Waals surface area contributed by atoms with Crippen LogP contribution < -0.4 is 10.1 Å². The van der Waals surface area contributed by atoms with E-state index in [0.29, 0.717) is 17.9 Å². The molecule has 0 fully saturated rings. The Balaban J connectivity index is 1.75. The number of nitrogens with one attached hydrogen (secondary N) is 1. The molecule has 0 aliphatic rings. The van der Waals surface area contributed by atoms with Gasteiger partial charge in [-0.05, 0) is 36.2 Å². The first kappa shape index (κ1) is 17.7. The standard InChI is InChI=1S/C23H23NO2/c1-23(2,17-18-11-5-3-6-12-18)22(25)24-20-15-9-10-16-21(20)26-19-13-7-4-8-14-19/h3-16H,17H2,1-2H3,(H,24,25). The third-order valence-corrected chi connectivity index (χ3v) is 4.21. The number of hydrogen-bond acceptors (Lipinski definition) is 2. The van der Waals surface area contributed by atoms with Gasteiger partial charge in [-0.25, -0.2) is 0 Å². The van der Waals surface area contributed by atoms with Gasteiger partial charge in [-0.2, -0.15) is 0 Å². The molecular weight excluding hydrogens is 322 g/mol. The molecule has 0 unspecified atom stereocenters. The van der Waals surface area contributed by atoms with Gasteiger partial charge in [0, 0.05) is 5.41 Å². The highest BCUT2D eigenvalue weighted by molar-refractivity contribution is 5.96. The number of rotatable bonds is 6. The fourth-order valence-corrected chi connectivity index (χ4v) is 2.75. The fraction of sp³-hybridized carbons (Fsp3) is 0.174. The van der Waals surface area contributed by atoms with E-state index in [9.17, 15) is 4.79 Å². The highest BCUT2D eigenvalue weighted by Gasteiger charge is 2.28. The number of hydrogen-bond donors (Lipinski definition) is 1. The van der Waals surface area contributed by atoms with Crippen LogP contribution in [0.3, 0.4) is 0 Å². The van der Waals surface area contributed by atoms with Gasteiger partial charge in [0.1, 0.15) is 5.75 Å². The van der Waals surface area contributed by atoms with Crippen molar-refractivity contribution in [3.8, 4) is 11.5 Å². The van der Waals surface area contributed by atoms with Crippen LogP contribution in [0.2, 0.25) is 0 Å². The van der Waals surface area contributed by atoms with Crippen LogP contribution in [0.25, 0.3) is 0 Å². The predicted molar refractivity (Wildman–Crippen MR) is 106 cm³/mol. The Morgan fingerprint density at radius 2 is 1.42 bits per heavy atom. The van der Waals surface area contributed by atoms with Crippen LogP contribution in [0.15, 0.2) is 84.9 Å². The molecule has 26 heavy (non-hydrogen) atoms. The largest absolute Gasteiger partial charge is 0.455 e. The van der Waals surface area contributed by atoms with Crippen molar-refractivity contribution in [1.82, 2.24) is 0 Å². The normalized spacial score (nSPS) is 11.0. The lowest BCUT2D eigenvalue weighted by Gasteiger charge is -2.24. The highest BCUT2D eigenvalue weighted by Crippen LogP contribution is 2.31. The summed E-state index contributed by atoms with van der Waals surface area (Å²) < 4.78 is 5.93. The van der Waals surface area contributed by atoms with E-state index < -0.39 is 5.41 Å². The van der Waals surface area contributed by atoms with Gasteiger partial charge in [-0.3, -0.25) is 4.79 Å². The van der Waals surface area contributed by atoms with Crippen LogP contribution >= 0.6 is 0 Å². The molecule has 0 heterocycles. The van der Waals surface area contributed by atoms with E-state index >= 15 is 0 Å². The molecule has 3 heteroatoms. The van der Waals surface area contributed by atoms with Gasteiger partial charge in [-0.1, -0.05) is 74.5 Å². The second-order valence-corrected chi connectivity index (χ2v) is 6.91. The first-order valence-corrected chi connectivity index (χ1v) is 8.72. The maximum absolute atomic E-state index is 12.9. The topological polar surface area (TPSA) is 38.3 Å². The van der Waals surface area contributed by atoms with Gasteiger partial charge in [0.15, 0.2) is 5.75 Å². The van der Waals surface area contributed by atoms with Crippen molar-refractivity contribution >= 4 is 11.6 Å². The van der Waals surface area contributed by atoms with Crippen LogP contribution in [0, 0.1) is 5.41 Å². The number of carbonyl (C=O) groups excluding carboxylic acids is 1. The minimum Gasteiger partial charge on any atom is -0.455 e. The van der Waals surface area contributed by atoms with Crippen LogP contribution in [0.5, 0.6) is 11.5 Å². The summed E-state index contributed by atoms with van der Waals surface area (Å²) in [5.41, 5.74) is 1.27. The first-order chi connectivity index (χ1) is 12.5. The predicted octanol–water partition coefficient (Wildman–Crippen LogP) is 5.69. The number of amides is 1. The molecule has 3 aromatic carbocycles. The van der Waals surface area contributed by atoms with Gasteiger partial charge in [0.05, 0.1) is 5.69 Å². The van der Waals surface area contributed by atoms with Gasteiger partial charge in [0.2, 0.25) is 5.91 Å². The Morgan fingerprint density at radius 3 is 2.12 bits per heavy atom. The summed E-state index contributed by atoms with van der Waals surface area (Å²) in [5.74, 6) is 1.32. The highest BCUT2D eigenvalue weighted by atomic mass is 16.5. The maximum Gasteiger partial charge on any atom is 0.230 e. The van der Waals surface area contributed by atoms with Crippen molar-refractivity contribution in [2.75, 3.05) is 5.32 Å². The van der Waals surface area contributed by atoms with E-state index in [-0.39, 0.29) is 5.91 Å². The summed E-state index contributed by atoms with van der Waals surface area (Å²) in [6, 6.07) is 27.1. The van der Waals surface area contributed by atoms with Gasteiger partial charge in [-0.15, -0.1) is 0 Å². The van der Waals surface area contributed by atoms with Crippen molar-refractivity contribution < 1.29 is 9.53 Å². The molecule has 0 spiro atoms. The van der Waals surface area contributed by atoms with E-state index in [0.717, 1.165) is 11.3 Å². The summed E-state index contributed by atoms with van der Waals surface area (Å²) >= 11 is 0. The van der Waals surface area contributed by atoms with E-state index in [1.165, 1.54) is 0 Å². The molecule has 3 nitrogen and oxygen atoms in total. The summed E-state index contributed by atoms with van der Waals surface area (Å²) in [4.78, 5) is 12.9. The van der Waals surface area contributed by atoms with E-state index in [1.807, 2.05) is 98.8 Å². The van der Waals surface area contributed by atoms with Crippen molar-refractivity contribution in [2.24, 2.45) is 5.41 Å². The number of anilines is 1. The lowest BCUT2D eigenvalue weighted by molar-refractivity contribution is -0.123. The zero-order valence-corrected chi connectivity index (χ0v) is 15.1. The number of para-hydroxylation sites is 3. The molecule has 0 aliphatic carbocycles. The molecule has 0 aromatic heterocycles. The number of benzene rings is 3. The average Bonchev–Trinajstić information content (AvgIpc) is 2.64.